The summed E-state index contributed by atoms with van der Waals surface area (Å²) in [5.41, 5.74) is 0.974. The molecule has 1 N–H and O–H groups in total. The SMILES string of the molecule is COc1cc(C(C)NC2CCCC2C#N)ccc1F. The van der Waals surface area contributed by atoms with Crippen molar-refractivity contribution in [2.75, 3.05) is 7.11 Å². The molecular formula is C15H19FN2O. The summed E-state index contributed by atoms with van der Waals surface area (Å²) in [6, 6.07) is 7.55. The van der Waals surface area contributed by atoms with Crippen LogP contribution < -0.4 is 10.1 Å². The number of hydrogen-bond acceptors (Lipinski definition) is 3. The lowest BCUT2D eigenvalue weighted by atomic mass is 10.0. The predicted octanol–water partition coefficient (Wildman–Crippen LogP) is 3.18. The third-order valence-corrected chi connectivity index (χ3v) is 3.82. The van der Waals surface area contributed by atoms with Crippen LogP contribution in [-0.4, -0.2) is 13.2 Å². The predicted molar refractivity (Wildman–Crippen MR) is 71.2 cm³/mol. The largest absolute Gasteiger partial charge is 0.494 e. The van der Waals surface area contributed by atoms with Crippen LogP contribution in [0.15, 0.2) is 18.2 Å². The van der Waals surface area contributed by atoms with E-state index in [0.717, 1.165) is 24.8 Å². The Balaban J connectivity index is 2.07. The van der Waals surface area contributed by atoms with Gasteiger partial charge in [-0.25, -0.2) is 4.39 Å². The molecule has 0 aromatic heterocycles. The van der Waals surface area contributed by atoms with E-state index in [0.29, 0.717) is 0 Å². The van der Waals surface area contributed by atoms with Crippen molar-refractivity contribution >= 4 is 0 Å². The maximum Gasteiger partial charge on any atom is 0.165 e. The summed E-state index contributed by atoms with van der Waals surface area (Å²) in [7, 11) is 1.46. The monoisotopic (exact) mass is 262 g/mol. The first kappa shape index (κ1) is 13.8. The molecule has 1 aliphatic carbocycles. The van der Waals surface area contributed by atoms with Crippen molar-refractivity contribution in [2.24, 2.45) is 5.92 Å². The third kappa shape index (κ3) is 3.05. The topological polar surface area (TPSA) is 45.0 Å². The molecule has 0 bridgehead atoms. The van der Waals surface area contributed by atoms with E-state index >= 15 is 0 Å². The molecular weight excluding hydrogens is 243 g/mol. The zero-order valence-corrected chi connectivity index (χ0v) is 11.3. The van der Waals surface area contributed by atoms with Crippen molar-refractivity contribution in [1.29, 1.82) is 5.26 Å². The lowest BCUT2D eigenvalue weighted by molar-refractivity contribution is 0.382. The molecule has 3 nitrogen and oxygen atoms in total. The molecule has 0 radical (unpaired) electrons. The first-order valence-corrected chi connectivity index (χ1v) is 6.64. The summed E-state index contributed by atoms with van der Waals surface area (Å²) in [6.07, 6.45) is 3.09. The van der Waals surface area contributed by atoms with E-state index in [2.05, 4.69) is 11.4 Å². The molecule has 2 rings (SSSR count). The second-order valence-corrected chi connectivity index (χ2v) is 5.06. The molecule has 102 valence electrons. The van der Waals surface area contributed by atoms with Crippen LogP contribution in [0.1, 0.15) is 37.8 Å². The number of nitriles is 1. The first-order chi connectivity index (χ1) is 9.15. The first-order valence-electron chi connectivity index (χ1n) is 6.64. The van der Waals surface area contributed by atoms with Crippen LogP contribution >= 0.6 is 0 Å². The van der Waals surface area contributed by atoms with Gasteiger partial charge in [-0.05, 0) is 37.5 Å². The van der Waals surface area contributed by atoms with Gasteiger partial charge >= 0.3 is 0 Å². The summed E-state index contributed by atoms with van der Waals surface area (Å²) in [5, 5.41) is 12.5. The van der Waals surface area contributed by atoms with Crippen molar-refractivity contribution in [3.05, 3.63) is 29.6 Å². The van der Waals surface area contributed by atoms with Gasteiger partial charge in [0.15, 0.2) is 11.6 Å². The van der Waals surface area contributed by atoms with Gasteiger partial charge in [0.2, 0.25) is 0 Å². The summed E-state index contributed by atoms with van der Waals surface area (Å²) < 4.78 is 18.4. The zero-order chi connectivity index (χ0) is 13.8. The molecule has 0 amide bonds. The molecule has 19 heavy (non-hydrogen) atoms. The third-order valence-electron chi connectivity index (χ3n) is 3.82. The Labute approximate surface area is 113 Å². The number of benzene rings is 1. The molecule has 1 aromatic carbocycles. The normalized spacial score (nSPS) is 23.9. The number of rotatable bonds is 4. The van der Waals surface area contributed by atoms with E-state index < -0.39 is 0 Å². The van der Waals surface area contributed by atoms with Crippen molar-refractivity contribution in [1.82, 2.24) is 5.32 Å². The highest BCUT2D eigenvalue weighted by Gasteiger charge is 2.28. The van der Waals surface area contributed by atoms with Crippen LogP contribution in [0.4, 0.5) is 4.39 Å². The van der Waals surface area contributed by atoms with Gasteiger partial charge in [0, 0.05) is 12.1 Å². The Bertz CT molecular complexity index is 484. The number of methoxy groups -OCH3 is 1. The summed E-state index contributed by atoms with van der Waals surface area (Å²) in [6.45, 7) is 2.03. The Kier molecular flexibility index (Phi) is 4.39. The number of nitrogens with one attached hydrogen (secondary N) is 1. The van der Waals surface area contributed by atoms with E-state index in [-0.39, 0.29) is 29.6 Å². The van der Waals surface area contributed by atoms with Crippen LogP contribution in [-0.2, 0) is 0 Å². The minimum Gasteiger partial charge on any atom is -0.494 e. The number of hydrogen-bond donors (Lipinski definition) is 1. The smallest absolute Gasteiger partial charge is 0.165 e. The Morgan fingerprint density at radius 2 is 2.26 bits per heavy atom. The van der Waals surface area contributed by atoms with Gasteiger partial charge in [-0.15, -0.1) is 0 Å². The average Bonchev–Trinajstić information content (AvgIpc) is 2.86. The van der Waals surface area contributed by atoms with Crippen molar-refractivity contribution < 1.29 is 9.13 Å². The summed E-state index contributed by atoms with van der Waals surface area (Å²) in [4.78, 5) is 0. The van der Waals surface area contributed by atoms with E-state index in [1.165, 1.54) is 13.2 Å². The van der Waals surface area contributed by atoms with E-state index in [1.54, 1.807) is 12.1 Å². The molecule has 1 aliphatic rings. The molecule has 0 aliphatic heterocycles. The minimum absolute atomic E-state index is 0.0773. The maximum atomic E-state index is 13.4. The van der Waals surface area contributed by atoms with Crippen LogP contribution in [0.3, 0.4) is 0 Å². The molecule has 0 heterocycles. The van der Waals surface area contributed by atoms with Gasteiger partial charge in [-0.2, -0.15) is 5.26 Å². The fourth-order valence-electron chi connectivity index (χ4n) is 2.68. The van der Waals surface area contributed by atoms with Gasteiger partial charge in [0.1, 0.15) is 0 Å². The second kappa shape index (κ2) is 6.03. The van der Waals surface area contributed by atoms with Crippen molar-refractivity contribution in [3.63, 3.8) is 0 Å². The van der Waals surface area contributed by atoms with Crippen LogP contribution in [0.2, 0.25) is 0 Å². The Morgan fingerprint density at radius 1 is 1.47 bits per heavy atom. The highest BCUT2D eigenvalue weighted by molar-refractivity contribution is 5.32. The van der Waals surface area contributed by atoms with E-state index in [1.807, 2.05) is 6.92 Å². The van der Waals surface area contributed by atoms with Crippen molar-refractivity contribution in [2.45, 2.75) is 38.3 Å². The van der Waals surface area contributed by atoms with E-state index in [4.69, 9.17) is 10.00 Å². The summed E-state index contributed by atoms with van der Waals surface area (Å²) >= 11 is 0. The lowest BCUT2D eigenvalue weighted by Gasteiger charge is -2.22. The quantitative estimate of drug-likeness (QED) is 0.906. The van der Waals surface area contributed by atoms with Gasteiger partial charge < -0.3 is 10.1 Å². The fourth-order valence-corrected chi connectivity index (χ4v) is 2.68. The van der Waals surface area contributed by atoms with Gasteiger partial charge in [-0.1, -0.05) is 12.5 Å². The molecule has 3 atom stereocenters. The Morgan fingerprint density at radius 3 is 2.95 bits per heavy atom. The molecule has 4 heteroatoms. The van der Waals surface area contributed by atoms with Crippen LogP contribution in [0.25, 0.3) is 0 Å². The molecule has 0 spiro atoms. The number of nitrogens with zero attached hydrogens (tertiary/aromatic N) is 1. The fraction of sp³-hybridized carbons (Fsp3) is 0.533. The molecule has 3 unspecified atom stereocenters. The lowest BCUT2D eigenvalue weighted by Crippen LogP contribution is -2.33. The van der Waals surface area contributed by atoms with Crippen molar-refractivity contribution in [3.8, 4) is 11.8 Å². The van der Waals surface area contributed by atoms with Gasteiger partial charge in [0.25, 0.3) is 0 Å². The highest BCUT2D eigenvalue weighted by Crippen LogP contribution is 2.28. The summed E-state index contributed by atoms with van der Waals surface area (Å²) in [5.74, 6) is -0.00610. The molecule has 1 aromatic rings. The van der Waals surface area contributed by atoms with Gasteiger partial charge in [0.05, 0.1) is 19.1 Å². The number of ether oxygens (including phenoxy) is 1. The van der Waals surface area contributed by atoms with Crippen LogP contribution in [0.5, 0.6) is 5.75 Å². The average molecular weight is 262 g/mol. The number of halogens is 1. The highest BCUT2D eigenvalue weighted by atomic mass is 19.1. The molecule has 1 saturated carbocycles. The Hall–Kier alpha value is -1.60. The zero-order valence-electron chi connectivity index (χ0n) is 11.3. The molecule has 1 fully saturated rings. The minimum atomic E-state index is -0.353. The maximum absolute atomic E-state index is 13.4. The molecule has 0 saturated heterocycles. The van der Waals surface area contributed by atoms with E-state index in [9.17, 15) is 4.39 Å². The van der Waals surface area contributed by atoms with Crippen LogP contribution in [0, 0.1) is 23.1 Å². The van der Waals surface area contributed by atoms with Gasteiger partial charge in [-0.3, -0.25) is 0 Å². The standard InChI is InChI=1S/C15H19FN2O/c1-10(18-14-5-3-4-12(14)9-17)11-6-7-13(16)15(8-11)19-2/h6-8,10,12,14,18H,3-5H2,1-2H3. The second-order valence-electron chi connectivity index (χ2n) is 5.06.